The molecule has 8 heteroatoms. The molecule has 1 saturated carbocycles. The maximum absolute atomic E-state index is 12.8. The maximum atomic E-state index is 12.8. The van der Waals surface area contributed by atoms with Crippen molar-refractivity contribution in [3.63, 3.8) is 0 Å². The molecule has 2 aromatic rings. The summed E-state index contributed by atoms with van der Waals surface area (Å²) in [4.78, 5) is 23.2. The van der Waals surface area contributed by atoms with Gasteiger partial charge >= 0.3 is 0 Å². The summed E-state index contributed by atoms with van der Waals surface area (Å²) in [6, 6.07) is 10.1. The molecular weight excluding hydrogens is 356 g/mol. The van der Waals surface area contributed by atoms with Crippen molar-refractivity contribution in [3.05, 3.63) is 59.2 Å². The first-order valence-electron chi connectivity index (χ1n) is 8.02. The van der Waals surface area contributed by atoms with Gasteiger partial charge in [-0.05, 0) is 49.1 Å². The van der Waals surface area contributed by atoms with Crippen LogP contribution in [0.25, 0.3) is 0 Å². The number of amides is 1. The van der Waals surface area contributed by atoms with E-state index in [1.54, 1.807) is 19.1 Å². The van der Waals surface area contributed by atoms with Crippen molar-refractivity contribution in [3.8, 4) is 0 Å². The zero-order valence-corrected chi connectivity index (χ0v) is 14.8. The van der Waals surface area contributed by atoms with Gasteiger partial charge in [0.2, 0.25) is 0 Å². The molecule has 3 rings (SSSR count). The van der Waals surface area contributed by atoms with Gasteiger partial charge < -0.3 is 15.2 Å². The van der Waals surface area contributed by atoms with Gasteiger partial charge in [0.25, 0.3) is 15.9 Å². The van der Waals surface area contributed by atoms with Gasteiger partial charge in [0.15, 0.2) is 0 Å². The molecule has 2 aromatic carbocycles. The van der Waals surface area contributed by atoms with Crippen molar-refractivity contribution < 1.29 is 23.1 Å². The molecule has 0 aliphatic heterocycles. The third kappa shape index (κ3) is 3.85. The molecule has 1 aliphatic rings. The molecule has 2 N–H and O–H groups in total. The van der Waals surface area contributed by atoms with Crippen molar-refractivity contribution in [1.82, 2.24) is 5.32 Å². The van der Waals surface area contributed by atoms with Crippen molar-refractivity contribution in [2.75, 3.05) is 4.72 Å². The quantitative estimate of drug-likeness (QED) is 0.785. The van der Waals surface area contributed by atoms with E-state index in [4.69, 9.17) is 0 Å². The number of sulfonamides is 1. The summed E-state index contributed by atoms with van der Waals surface area (Å²) in [5.74, 6) is -1.82. The Morgan fingerprint density at radius 3 is 2.46 bits per heavy atom. The minimum Gasteiger partial charge on any atom is -0.545 e. The number of hydrogen-bond donors (Lipinski definition) is 2. The first-order chi connectivity index (χ1) is 12.3. The van der Waals surface area contributed by atoms with Gasteiger partial charge in [0.05, 0.1) is 22.1 Å². The van der Waals surface area contributed by atoms with E-state index in [0.29, 0.717) is 5.56 Å². The molecule has 0 spiro atoms. The third-order valence-corrected chi connectivity index (χ3v) is 5.55. The Labute approximate surface area is 151 Å². The van der Waals surface area contributed by atoms with Crippen LogP contribution in [0.5, 0.6) is 0 Å². The number of carboxylic acids is 1. The molecule has 0 atom stereocenters. The van der Waals surface area contributed by atoms with Crippen LogP contribution in [-0.2, 0) is 10.0 Å². The highest BCUT2D eigenvalue weighted by molar-refractivity contribution is 7.92. The van der Waals surface area contributed by atoms with E-state index < -0.39 is 16.0 Å². The topological polar surface area (TPSA) is 115 Å². The average Bonchev–Trinajstić information content (AvgIpc) is 3.38. The summed E-state index contributed by atoms with van der Waals surface area (Å²) in [6.07, 6.45) is 1.82. The Balaban J connectivity index is 1.94. The van der Waals surface area contributed by atoms with E-state index in [9.17, 15) is 23.1 Å². The summed E-state index contributed by atoms with van der Waals surface area (Å²) >= 11 is 0. The molecule has 0 bridgehead atoms. The fraction of sp³-hybridized carbons (Fsp3) is 0.222. The zero-order valence-electron chi connectivity index (χ0n) is 14.0. The molecule has 26 heavy (non-hydrogen) atoms. The fourth-order valence-electron chi connectivity index (χ4n) is 2.48. The average molecular weight is 373 g/mol. The Morgan fingerprint density at radius 2 is 1.81 bits per heavy atom. The second-order valence-corrected chi connectivity index (χ2v) is 7.82. The smallest absolute Gasteiger partial charge is 0.262 e. The molecule has 0 radical (unpaired) electrons. The van der Waals surface area contributed by atoms with Crippen LogP contribution in [0.4, 0.5) is 5.69 Å². The molecule has 1 amide bonds. The summed E-state index contributed by atoms with van der Waals surface area (Å²) < 4.78 is 27.9. The van der Waals surface area contributed by atoms with E-state index in [0.717, 1.165) is 18.9 Å². The Morgan fingerprint density at radius 1 is 1.12 bits per heavy atom. The highest BCUT2D eigenvalue weighted by Crippen LogP contribution is 2.25. The second-order valence-electron chi connectivity index (χ2n) is 6.17. The molecule has 0 unspecified atom stereocenters. The maximum Gasteiger partial charge on any atom is 0.262 e. The summed E-state index contributed by atoms with van der Waals surface area (Å²) in [5.41, 5.74) is 0.471. The standard InChI is InChI=1S/C18H18N2O5S/c1-11-6-7-12(18(22)23)10-16(11)26(24,25)20-15-5-3-2-4-14(15)17(21)19-13-8-9-13/h2-7,10,13,20H,8-9H2,1H3,(H,19,21)(H,22,23)/p-1. The van der Waals surface area contributed by atoms with Gasteiger partial charge in [-0.1, -0.05) is 24.3 Å². The SMILES string of the molecule is Cc1ccc(C(=O)[O-])cc1S(=O)(=O)Nc1ccccc1C(=O)NC1CC1. The number of carboxylic acid groups (broad SMARTS) is 1. The number of nitrogens with one attached hydrogen (secondary N) is 2. The Hall–Kier alpha value is -2.87. The van der Waals surface area contributed by atoms with Gasteiger partial charge in [0.1, 0.15) is 0 Å². The normalized spacial score (nSPS) is 13.9. The molecule has 1 fully saturated rings. The number of benzene rings is 2. The van der Waals surface area contributed by atoms with E-state index in [1.807, 2.05) is 0 Å². The number of aromatic carboxylic acids is 1. The van der Waals surface area contributed by atoms with Crippen molar-refractivity contribution >= 4 is 27.6 Å². The highest BCUT2D eigenvalue weighted by atomic mass is 32.2. The summed E-state index contributed by atoms with van der Waals surface area (Å²) in [5, 5.41) is 13.8. The van der Waals surface area contributed by atoms with Crippen LogP contribution in [0.15, 0.2) is 47.4 Å². The number of hydrogen-bond acceptors (Lipinski definition) is 5. The lowest BCUT2D eigenvalue weighted by molar-refractivity contribution is -0.255. The van der Waals surface area contributed by atoms with E-state index >= 15 is 0 Å². The van der Waals surface area contributed by atoms with E-state index in [-0.39, 0.29) is 33.7 Å². The highest BCUT2D eigenvalue weighted by Gasteiger charge is 2.26. The lowest BCUT2D eigenvalue weighted by Gasteiger charge is -2.15. The molecule has 0 saturated heterocycles. The monoisotopic (exact) mass is 373 g/mol. The predicted molar refractivity (Wildman–Crippen MR) is 93.2 cm³/mol. The van der Waals surface area contributed by atoms with Crippen molar-refractivity contribution in [2.45, 2.75) is 30.7 Å². The first kappa shape index (κ1) is 17.9. The van der Waals surface area contributed by atoms with Gasteiger partial charge in [-0.3, -0.25) is 9.52 Å². The number of carbonyl (C=O) groups is 2. The molecule has 7 nitrogen and oxygen atoms in total. The van der Waals surface area contributed by atoms with Crippen molar-refractivity contribution in [2.24, 2.45) is 0 Å². The Bertz CT molecular complexity index is 981. The van der Waals surface area contributed by atoms with Gasteiger partial charge in [0, 0.05) is 6.04 Å². The third-order valence-electron chi connectivity index (χ3n) is 4.04. The van der Waals surface area contributed by atoms with Crippen LogP contribution in [-0.4, -0.2) is 26.3 Å². The number of aryl methyl sites for hydroxylation is 1. The fourth-order valence-corrected chi connectivity index (χ4v) is 3.83. The summed E-state index contributed by atoms with van der Waals surface area (Å²) in [7, 11) is -4.09. The Kier molecular flexibility index (Phi) is 4.69. The number of para-hydroxylation sites is 1. The largest absolute Gasteiger partial charge is 0.545 e. The zero-order chi connectivity index (χ0) is 18.9. The predicted octanol–water partition coefficient (Wildman–Crippen LogP) is 1.05. The lowest BCUT2D eigenvalue weighted by atomic mass is 10.1. The number of carbonyl (C=O) groups excluding carboxylic acids is 2. The van der Waals surface area contributed by atoms with Gasteiger partial charge in [-0.25, -0.2) is 8.42 Å². The van der Waals surface area contributed by atoms with Crippen LogP contribution in [0.3, 0.4) is 0 Å². The molecule has 136 valence electrons. The molecule has 1 aliphatic carbocycles. The van der Waals surface area contributed by atoms with Gasteiger partial charge in [-0.15, -0.1) is 0 Å². The van der Waals surface area contributed by atoms with Crippen LogP contribution in [0.1, 0.15) is 39.1 Å². The number of rotatable bonds is 6. The van der Waals surface area contributed by atoms with Crippen molar-refractivity contribution in [1.29, 1.82) is 0 Å². The van der Waals surface area contributed by atoms with Crippen LogP contribution in [0.2, 0.25) is 0 Å². The molecule has 0 heterocycles. The van der Waals surface area contributed by atoms with E-state index in [2.05, 4.69) is 10.0 Å². The van der Waals surface area contributed by atoms with Crippen LogP contribution >= 0.6 is 0 Å². The second kappa shape index (κ2) is 6.80. The lowest BCUT2D eigenvalue weighted by Crippen LogP contribution is -2.27. The van der Waals surface area contributed by atoms with Crippen LogP contribution < -0.4 is 15.1 Å². The van der Waals surface area contributed by atoms with E-state index in [1.165, 1.54) is 24.3 Å². The first-order valence-corrected chi connectivity index (χ1v) is 9.51. The van der Waals surface area contributed by atoms with Gasteiger partial charge in [-0.2, -0.15) is 0 Å². The molecular formula is C18H17N2O5S-. The van der Waals surface area contributed by atoms with Crippen LogP contribution in [0, 0.1) is 6.92 Å². The summed E-state index contributed by atoms with van der Waals surface area (Å²) in [6.45, 7) is 1.55. The minimum atomic E-state index is -4.09. The minimum absolute atomic E-state index is 0.129. The molecule has 0 aromatic heterocycles. The number of anilines is 1.